The summed E-state index contributed by atoms with van der Waals surface area (Å²) in [6.07, 6.45) is 5.97. The molecule has 1 aliphatic rings. The van der Waals surface area contributed by atoms with Crippen LogP contribution < -0.4 is 5.56 Å². The number of rotatable bonds is 2. The number of aromatic nitrogens is 2. The predicted molar refractivity (Wildman–Crippen MR) is 75.4 cm³/mol. The van der Waals surface area contributed by atoms with Gasteiger partial charge in [-0.25, -0.2) is 4.98 Å². The Balaban J connectivity index is 1.93. The van der Waals surface area contributed by atoms with Crippen LogP contribution in [0.25, 0.3) is 0 Å². The Morgan fingerprint density at radius 3 is 2.68 bits per heavy atom. The minimum absolute atomic E-state index is 0.0674. The number of benzene rings is 1. The second kappa shape index (κ2) is 5.39. The van der Waals surface area contributed by atoms with Crippen LogP contribution in [-0.4, -0.2) is 9.97 Å². The molecular weight excluding hydrogens is 236 g/mol. The lowest BCUT2D eigenvalue weighted by molar-refractivity contribution is 0.708. The zero-order valence-corrected chi connectivity index (χ0v) is 11.0. The van der Waals surface area contributed by atoms with E-state index in [2.05, 4.69) is 22.1 Å². The van der Waals surface area contributed by atoms with E-state index in [1.807, 2.05) is 18.2 Å². The highest BCUT2D eigenvalue weighted by molar-refractivity contribution is 5.23. The molecule has 0 saturated carbocycles. The molecule has 3 heteroatoms. The topological polar surface area (TPSA) is 45.8 Å². The maximum Gasteiger partial charge on any atom is 0.254 e. The van der Waals surface area contributed by atoms with Gasteiger partial charge in [0.05, 0.1) is 5.69 Å². The molecule has 0 bridgehead atoms. The van der Waals surface area contributed by atoms with E-state index in [0.29, 0.717) is 6.42 Å². The highest BCUT2D eigenvalue weighted by Crippen LogP contribution is 2.16. The van der Waals surface area contributed by atoms with E-state index in [1.54, 1.807) is 0 Å². The Morgan fingerprint density at radius 2 is 1.84 bits per heavy atom. The van der Waals surface area contributed by atoms with Gasteiger partial charge in [-0.1, -0.05) is 36.8 Å². The number of hydrogen-bond acceptors (Lipinski definition) is 2. The minimum atomic E-state index is 0.0674. The van der Waals surface area contributed by atoms with Gasteiger partial charge in [-0.3, -0.25) is 4.79 Å². The molecule has 2 aromatic rings. The summed E-state index contributed by atoms with van der Waals surface area (Å²) in [6.45, 7) is 0. The molecule has 1 aliphatic carbocycles. The van der Waals surface area contributed by atoms with E-state index in [0.717, 1.165) is 42.8 Å². The molecule has 0 spiro atoms. The van der Waals surface area contributed by atoms with E-state index in [-0.39, 0.29) is 5.56 Å². The summed E-state index contributed by atoms with van der Waals surface area (Å²) < 4.78 is 0. The van der Waals surface area contributed by atoms with Crippen molar-refractivity contribution in [3.63, 3.8) is 0 Å². The van der Waals surface area contributed by atoms with Gasteiger partial charge in [0.1, 0.15) is 5.82 Å². The molecule has 1 aromatic carbocycles. The average Bonchev–Trinajstić information content (AvgIpc) is 2.65. The maximum absolute atomic E-state index is 12.1. The summed E-state index contributed by atoms with van der Waals surface area (Å²) in [6, 6.07) is 10.1. The van der Waals surface area contributed by atoms with Crippen molar-refractivity contribution in [2.75, 3.05) is 0 Å². The zero-order chi connectivity index (χ0) is 13.1. The van der Waals surface area contributed by atoms with Crippen molar-refractivity contribution < 1.29 is 0 Å². The summed E-state index contributed by atoms with van der Waals surface area (Å²) >= 11 is 0. The standard InChI is InChI=1S/C16H18N2O/c19-16-13-9-5-2-6-10-14(13)17-15(18-16)11-12-7-3-1-4-8-12/h1,3-4,7-8H,2,5-6,9-11H2,(H,17,18,19). The summed E-state index contributed by atoms with van der Waals surface area (Å²) in [4.78, 5) is 19.8. The molecule has 0 atom stereocenters. The highest BCUT2D eigenvalue weighted by atomic mass is 16.1. The third-order valence-corrected chi connectivity index (χ3v) is 3.70. The molecule has 19 heavy (non-hydrogen) atoms. The molecule has 98 valence electrons. The lowest BCUT2D eigenvalue weighted by atomic mass is 10.1. The van der Waals surface area contributed by atoms with Gasteiger partial charge < -0.3 is 4.98 Å². The van der Waals surface area contributed by atoms with E-state index >= 15 is 0 Å². The molecule has 0 saturated heterocycles. The van der Waals surface area contributed by atoms with Crippen molar-refractivity contribution in [2.45, 2.75) is 38.5 Å². The normalized spacial score (nSPS) is 14.7. The molecular formula is C16H18N2O. The molecule has 1 heterocycles. The summed E-state index contributed by atoms with van der Waals surface area (Å²) in [5.41, 5.74) is 3.18. The number of aryl methyl sites for hydroxylation is 1. The fourth-order valence-electron chi connectivity index (χ4n) is 2.70. The quantitative estimate of drug-likeness (QED) is 0.837. The Bertz CT molecular complexity index is 616. The first-order valence-corrected chi connectivity index (χ1v) is 6.98. The van der Waals surface area contributed by atoms with Crippen molar-refractivity contribution in [1.82, 2.24) is 9.97 Å². The van der Waals surface area contributed by atoms with E-state index in [9.17, 15) is 4.79 Å². The Hall–Kier alpha value is -1.90. The van der Waals surface area contributed by atoms with Gasteiger partial charge in [0.2, 0.25) is 0 Å². The lowest BCUT2D eigenvalue weighted by Crippen LogP contribution is -2.19. The van der Waals surface area contributed by atoms with Gasteiger partial charge >= 0.3 is 0 Å². The van der Waals surface area contributed by atoms with Crippen molar-refractivity contribution in [3.05, 3.63) is 63.3 Å². The van der Waals surface area contributed by atoms with Crippen LogP contribution in [0.5, 0.6) is 0 Å². The van der Waals surface area contributed by atoms with Gasteiger partial charge in [-0.15, -0.1) is 0 Å². The van der Waals surface area contributed by atoms with Crippen molar-refractivity contribution in [1.29, 1.82) is 0 Å². The van der Waals surface area contributed by atoms with Crippen LogP contribution in [0, 0.1) is 0 Å². The fourth-order valence-corrected chi connectivity index (χ4v) is 2.70. The number of fused-ring (bicyclic) bond motifs is 1. The van der Waals surface area contributed by atoms with Crippen LogP contribution >= 0.6 is 0 Å². The smallest absolute Gasteiger partial charge is 0.254 e. The second-order valence-corrected chi connectivity index (χ2v) is 5.16. The van der Waals surface area contributed by atoms with E-state index in [4.69, 9.17) is 0 Å². The molecule has 3 nitrogen and oxygen atoms in total. The average molecular weight is 254 g/mol. The Labute approximate surface area is 112 Å². The first kappa shape index (κ1) is 12.2. The van der Waals surface area contributed by atoms with Gasteiger partial charge in [0.25, 0.3) is 5.56 Å². The molecule has 0 fully saturated rings. The summed E-state index contributed by atoms with van der Waals surface area (Å²) in [5.74, 6) is 0.789. The monoisotopic (exact) mass is 254 g/mol. The third-order valence-electron chi connectivity index (χ3n) is 3.70. The van der Waals surface area contributed by atoms with E-state index in [1.165, 1.54) is 12.0 Å². The van der Waals surface area contributed by atoms with Crippen LogP contribution in [0.3, 0.4) is 0 Å². The van der Waals surface area contributed by atoms with Crippen LogP contribution in [0.4, 0.5) is 0 Å². The van der Waals surface area contributed by atoms with Crippen molar-refractivity contribution in [3.8, 4) is 0 Å². The zero-order valence-electron chi connectivity index (χ0n) is 11.0. The first-order valence-electron chi connectivity index (χ1n) is 6.98. The maximum atomic E-state index is 12.1. The van der Waals surface area contributed by atoms with Gasteiger partial charge in [-0.05, 0) is 31.2 Å². The van der Waals surface area contributed by atoms with Gasteiger partial charge in [0, 0.05) is 12.0 Å². The SMILES string of the molecule is O=c1[nH]c(Cc2ccccc2)nc2c1CCCCC2. The Kier molecular flexibility index (Phi) is 3.45. The molecule has 0 radical (unpaired) electrons. The first-order chi connectivity index (χ1) is 9.33. The molecule has 0 amide bonds. The highest BCUT2D eigenvalue weighted by Gasteiger charge is 2.14. The van der Waals surface area contributed by atoms with Gasteiger partial charge in [-0.2, -0.15) is 0 Å². The van der Waals surface area contributed by atoms with Crippen LogP contribution in [-0.2, 0) is 19.3 Å². The predicted octanol–water partition coefficient (Wildman–Crippen LogP) is 2.63. The van der Waals surface area contributed by atoms with E-state index < -0.39 is 0 Å². The number of nitrogens with one attached hydrogen (secondary N) is 1. The summed E-state index contributed by atoms with van der Waals surface area (Å²) in [7, 11) is 0. The molecule has 3 rings (SSSR count). The van der Waals surface area contributed by atoms with Crippen molar-refractivity contribution >= 4 is 0 Å². The van der Waals surface area contributed by atoms with Crippen molar-refractivity contribution in [2.24, 2.45) is 0 Å². The summed E-state index contributed by atoms with van der Waals surface area (Å²) in [5, 5.41) is 0. The number of H-pyrrole nitrogens is 1. The molecule has 1 N–H and O–H groups in total. The Morgan fingerprint density at radius 1 is 1.05 bits per heavy atom. The number of aromatic amines is 1. The third kappa shape index (κ3) is 2.75. The lowest BCUT2D eigenvalue weighted by Gasteiger charge is -2.07. The van der Waals surface area contributed by atoms with Gasteiger partial charge in [0.15, 0.2) is 0 Å². The van der Waals surface area contributed by atoms with Crippen LogP contribution in [0.2, 0.25) is 0 Å². The molecule has 0 aliphatic heterocycles. The number of nitrogens with zero attached hydrogens (tertiary/aromatic N) is 1. The molecule has 0 unspecified atom stereocenters. The second-order valence-electron chi connectivity index (χ2n) is 5.16. The number of hydrogen-bond donors (Lipinski definition) is 1. The van der Waals surface area contributed by atoms with Crippen LogP contribution in [0.15, 0.2) is 35.1 Å². The minimum Gasteiger partial charge on any atom is -0.310 e. The molecule has 1 aromatic heterocycles. The largest absolute Gasteiger partial charge is 0.310 e. The fraction of sp³-hybridized carbons (Fsp3) is 0.375. The van der Waals surface area contributed by atoms with Crippen LogP contribution in [0.1, 0.15) is 41.9 Å².